The number of benzene rings is 3. The van der Waals surface area contributed by atoms with Gasteiger partial charge in [-0.3, -0.25) is 4.90 Å². The molecule has 0 saturated heterocycles. The summed E-state index contributed by atoms with van der Waals surface area (Å²) in [5.74, 6) is 1.55. The highest BCUT2D eigenvalue weighted by Gasteiger charge is 2.26. The molecule has 1 unspecified atom stereocenters. The van der Waals surface area contributed by atoms with Crippen molar-refractivity contribution in [3.05, 3.63) is 102 Å². The van der Waals surface area contributed by atoms with Crippen LogP contribution >= 0.6 is 0 Å². The van der Waals surface area contributed by atoms with Crippen molar-refractivity contribution < 1.29 is 9.47 Å². The van der Waals surface area contributed by atoms with Crippen molar-refractivity contribution >= 4 is 10.9 Å². The van der Waals surface area contributed by atoms with E-state index in [-0.39, 0.29) is 6.10 Å². The van der Waals surface area contributed by atoms with Gasteiger partial charge in [-0.15, -0.1) is 0 Å². The second-order valence-electron chi connectivity index (χ2n) is 7.68. The molecule has 1 aliphatic rings. The molecule has 0 spiro atoms. The zero-order valence-corrected chi connectivity index (χ0v) is 17.0. The van der Waals surface area contributed by atoms with E-state index < -0.39 is 0 Å². The number of hydrogen-bond acceptors (Lipinski definition) is 4. The number of nitrogens with zero attached hydrogens (tertiary/aromatic N) is 2. The normalized spacial score (nSPS) is 16.5. The van der Waals surface area contributed by atoms with E-state index in [0.717, 1.165) is 47.7 Å². The average molecular weight is 396 g/mol. The van der Waals surface area contributed by atoms with Gasteiger partial charge in [0, 0.05) is 30.6 Å². The van der Waals surface area contributed by atoms with E-state index in [9.17, 15) is 0 Å². The van der Waals surface area contributed by atoms with Crippen LogP contribution in [0.3, 0.4) is 0 Å². The zero-order valence-electron chi connectivity index (χ0n) is 17.0. The van der Waals surface area contributed by atoms with Gasteiger partial charge in [0.05, 0.1) is 12.6 Å². The minimum absolute atomic E-state index is 0.0700. The van der Waals surface area contributed by atoms with Crippen LogP contribution in [0.5, 0.6) is 11.6 Å². The molecule has 0 aliphatic carbocycles. The summed E-state index contributed by atoms with van der Waals surface area (Å²) < 4.78 is 11.9. The molecular formula is C26H24N2O2. The lowest BCUT2D eigenvalue weighted by atomic mass is 10.1. The van der Waals surface area contributed by atoms with Crippen LogP contribution in [-0.4, -0.2) is 23.5 Å². The van der Waals surface area contributed by atoms with Crippen molar-refractivity contribution in [2.45, 2.75) is 19.2 Å². The Morgan fingerprint density at radius 2 is 1.73 bits per heavy atom. The summed E-state index contributed by atoms with van der Waals surface area (Å²) in [4.78, 5) is 7.30. The molecule has 1 aromatic heterocycles. The van der Waals surface area contributed by atoms with E-state index in [1.54, 1.807) is 7.11 Å². The first-order valence-corrected chi connectivity index (χ1v) is 10.2. The van der Waals surface area contributed by atoms with Crippen LogP contribution in [0.15, 0.2) is 84.9 Å². The van der Waals surface area contributed by atoms with Crippen LogP contribution in [-0.2, 0) is 13.1 Å². The summed E-state index contributed by atoms with van der Waals surface area (Å²) >= 11 is 0. The first kappa shape index (κ1) is 18.6. The van der Waals surface area contributed by atoms with E-state index in [0.29, 0.717) is 0 Å². The maximum absolute atomic E-state index is 6.49. The fraction of sp³-hybridized carbons (Fsp3) is 0.192. The molecule has 4 aromatic rings. The van der Waals surface area contributed by atoms with E-state index in [4.69, 9.17) is 14.5 Å². The SMILES string of the molecule is COc1ccc2nc3c(cc2c1)CN(Cc1ccccc1)CC(c1ccccc1)O3. The Hall–Kier alpha value is -3.37. The van der Waals surface area contributed by atoms with Crippen molar-refractivity contribution in [3.8, 4) is 11.6 Å². The van der Waals surface area contributed by atoms with Gasteiger partial charge in [-0.25, -0.2) is 4.98 Å². The Balaban J connectivity index is 1.55. The van der Waals surface area contributed by atoms with E-state index in [2.05, 4.69) is 65.6 Å². The monoisotopic (exact) mass is 396 g/mol. The Morgan fingerprint density at radius 3 is 2.50 bits per heavy atom. The lowest BCUT2D eigenvalue weighted by molar-refractivity contribution is 0.140. The number of fused-ring (bicyclic) bond motifs is 2. The molecule has 4 heteroatoms. The molecule has 0 fully saturated rings. The van der Waals surface area contributed by atoms with Crippen LogP contribution < -0.4 is 9.47 Å². The molecular weight excluding hydrogens is 372 g/mol. The van der Waals surface area contributed by atoms with Gasteiger partial charge < -0.3 is 9.47 Å². The third-order valence-electron chi connectivity index (χ3n) is 5.55. The number of ether oxygens (including phenoxy) is 2. The molecule has 0 bridgehead atoms. The van der Waals surface area contributed by atoms with Crippen LogP contribution in [0.2, 0.25) is 0 Å². The number of pyridine rings is 1. The van der Waals surface area contributed by atoms with Gasteiger partial charge in [-0.1, -0.05) is 60.7 Å². The van der Waals surface area contributed by atoms with Gasteiger partial charge in [0.1, 0.15) is 11.9 Å². The fourth-order valence-corrected chi connectivity index (χ4v) is 4.04. The third kappa shape index (κ3) is 3.87. The molecule has 3 aromatic carbocycles. The molecule has 2 heterocycles. The molecule has 0 saturated carbocycles. The quantitative estimate of drug-likeness (QED) is 0.464. The predicted molar refractivity (Wildman–Crippen MR) is 119 cm³/mol. The summed E-state index contributed by atoms with van der Waals surface area (Å²) in [6, 6.07) is 29.1. The molecule has 1 atom stereocenters. The zero-order chi connectivity index (χ0) is 20.3. The van der Waals surface area contributed by atoms with Crippen LogP contribution in [0, 0.1) is 0 Å². The van der Waals surface area contributed by atoms with E-state index in [1.807, 2.05) is 24.3 Å². The maximum atomic E-state index is 6.49. The summed E-state index contributed by atoms with van der Waals surface area (Å²) in [5.41, 5.74) is 4.48. The van der Waals surface area contributed by atoms with Gasteiger partial charge >= 0.3 is 0 Å². The van der Waals surface area contributed by atoms with Crippen molar-refractivity contribution in [2.24, 2.45) is 0 Å². The summed E-state index contributed by atoms with van der Waals surface area (Å²) in [6.07, 6.45) is -0.0700. The molecule has 30 heavy (non-hydrogen) atoms. The third-order valence-corrected chi connectivity index (χ3v) is 5.55. The highest BCUT2D eigenvalue weighted by Crippen LogP contribution is 2.33. The fourth-order valence-electron chi connectivity index (χ4n) is 4.04. The molecule has 150 valence electrons. The number of hydrogen-bond donors (Lipinski definition) is 0. The number of aromatic nitrogens is 1. The lowest BCUT2D eigenvalue weighted by Gasteiger charge is -2.24. The summed E-state index contributed by atoms with van der Waals surface area (Å²) in [5, 5.41) is 1.06. The largest absolute Gasteiger partial charge is 0.497 e. The number of rotatable bonds is 4. The Labute approximate surface area is 176 Å². The second-order valence-corrected chi connectivity index (χ2v) is 7.68. The topological polar surface area (TPSA) is 34.6 Å². The Bertz CT molecular complexity index is 1150. The minimum Gasteiger partial charge on any atom is -0.497 e. The van der Waals surface area contributed by atoms with Crippen LogP contribution in [0.1, 0.15) is 22.8 Å². The van der Waals surface area contributed by atoms with Gasteiger partial charge in [0.25, 0.3) is 0 Å². The van der Waals surface area contributed by atoms with Gasteiger partial charge in [0.15, 0.2) is 0 Å². The highest BCUT2D eigenvalue weighted by molar-refractivity contribution is 5.81. The lowest BCUT2D eigenvalue weighted by Crippen LogP contribution is -2.27. The second kappa shape index (κ2) is 8.17. The Morgan fingerprint density at radius 1 is 0.967 bits per heavy atom. The minimum atomic E-state index is -0.0700. The van der Waals surface area contributed by atoms with Crippen molar-refractivity contribution in [3.63, 3.8) is 0 Å². The Kier molecular flexibility index (Phi) is 5.08. The van der Waals surface area contributed by atoms with Gasteiger partial charge in [-0.2, -0.15) is 0 Å². The highest BCUT2D eigenvalue weighted by atomic mass is 16.5. The molecule has 1 aliphatic heterocycles. The molecule has 0 N–H and O–H groups in total. The van der Waals surface area contributed by atoms with Crippen molar-refractivity contribution in [1.29, 1.82) is 0 Å². The summed E-state index contributed by atoms with van der Waals surface area (Å²) in [6.45, 7) is 2.45. The van der Waals surface area contributed by atoms with E-state index in [1.165, 1.54) is 11.1 Å². The van der Waals surface area contributed by atoms with Crippen LogP contribution in [0.25, 0.3) is 10.9 Å². The van der Waals surface area contributed by atoms with Crippen molar-refractivity contribution in [2.75, 3.05) is 13.7 Å². The van der Waals surface area contributed by atoms with E-state index >= 15 is 0 Å². The molecule has 5 rings (SSSR count). The predicted octanol–water partition coefficient (Wildman–Crippen LogP) is 5.38. The molecule has 0 amide bonds. The first-order chi connectivity index (χ1) is 14.8. The average Bonchev–Trinajstić information content (AvgIpc) is 2.97. The maximum Gasteiger partial charge on any atom is 0.219 e. The van der Waals surface area contributed by atoms with Gasteiger partial charge in [-0.05, 0) is 35.4 Å². The number of methoxy groups -OCH3 is 1. The first-order valence-electron chi connectivity index (χ1n) is 10.2. The molecule has 4 nitrogen and oxygen atoms in total. The van der Waals surface area contributed by atoms with Crippen molar-refractivity contribution in [1.82, 2.24) is 9.88 Å². The standard InChI is InChI=1S/C26H24N2O2/c1-29-23-12-13-24-21(15-23)14-22-17-28(16-19-8-4-2-5-9-19)18-25(30-26(22)27-24)20-10-6-3-7-11-20/h2-15,25H,16-18H2,1H3. The smallest absolute Gasteiger partial charge is 0.219 e. The van der Waals surface area contributed by atoms with Crippen LogP contribution in [0.4, 0.5) is 0 Å². The molecule has 0 radical (unpaired) electrons. The summed E-state index contributed by atoms with van der Waals surface area (Å²) in [7, 11) is 1.69. The van der Waals surface area contributed by atoms with Gasteiger partial charge in [0.2, 0.25) is 5.88 Å².